The third kappa shape index (κ3) is 5.12. The van der Waals surface area contributed by atoms with Crippen LogP contribution in [0.25, 0.3) is 10.8 Å². The summed E-state index contributed by atoms with van der Waals surface area (Å²) >= 11 is 0. The van der Waals surface area contributed by atoms with Gasteiger partial charge in [-0.1, -0.05) is 48.5 Å². The Morgan fingerprint density at radius 1 is 1.03 bits per heavy atom. The van der Waals surface area contributed by atoms with E-state index in [1.54, 1.807) is 0 Å². The van der Waals surface area contributed by atoms with Crippen LogP contribution in [-0.2, 0) is 9.59 Å². The van der Waals surface area contributed by atoms with Crippen LogP contribution in [-0.4, -0.2) is 38.0 Å². The van der Waals surface area contributed by atoms with E-state index in [-0.39, 0.29) is 24.4 Å². The summed E-state index contributed by atoms with van der Waals surface area (Å²) in [5.74, 6) is -0.0880. The highest BCUT2D eigenvalue weighted by atomic mass is 16.2. The maximum atomic E-state index is 13.4. The molecule has 1 unspecified atom stereocenters. The van der Waals surface area contributed by atoms with Crippen LogP contribution in [0.3, 0.4) is 0 Å². The number of likely N-dealkylation sites (N-methyl/N-ethyl adjacent to an activating group) is 2. The van der Waals surface area contributed by atoms with E-state index in [0.29, 0.717) is 6.54 Å². The Morgan fingerprint density at radius 3 is 2.48 bits per heavy atom. The summed E-state index contributed by atoms with van der Waals surface area (Å²) in [5.41, 5.74) is 3.85. The van der Waals surface area contributed by atoms with E-state index in [1.165, 1.54) is 0 Å². The van der Waals surface area contributed by atoms with Gasteiger partial charge in [-0.05, 0) is 56.3 Å². The molecule has 0 heterocycles. The first kappa shape index (κ1) is 22.5. The van der Waals surface area contributed by atoms with Gasteiger partial charge in [0.25, 0.3) is 11.8 Å². The lowest BCUT2D eigenvalue weighted by Gasteiger charge is -2.28. The number of fused-ring (bicyclic) bond motifs is 1. The molecule has 3 aromatic rings. The molecule has 2 amide bonds. The predicted molar refractivity (Wildman–Crippen MR) is 128 cm³/mol. The number of benzene rings is 3. The number of amides is 2. The molecule has 0 fully saturated rings. The van der Waals surface area contributed by atoms with Crippen LogP contribution in [0.15, 0.2) is 60.7 Å². The topological polar surface area (TPSA) is 53.9 Å². The Morgan fingerprint density at radius 2 is 1.74 bits per heavy atom. The lowest BCUT2D eigenvalue weighted by Crippen LogP contribution is -3.15. The van der Waals surface area contributed by atoms with Gasteiger partial charge in [-0.3, -0.25) is 9.59 Å². The summed E-state index contributed by atoms with van der Waals surface area (Å²) in [6.07, 6.45) is 0. The summed E-state index contributed by atoms with van der Waals surface area (Å²) in [6.45, 7) is 8.62. The molecule has 0 spiro atoms. The first-order chi connectivity index (χ1) is 14.8. The quantitative estimate of drug-likeness (QED) is 0.618. The van der Waals surface area contributed by atoms with Crippen LogP contribution in [0.1, 0.15) is 25.0 Å². The summed E-state index contributed by atoms with van der Waals surface area (Å²) in [6, 6.07) is 19.7. The number of quaternary nitrogens is 1. The van der Waals surface area contributed by atoms with Gasteiger partial charge in [-0.25, -0.2) is 0 Å². The van der Waals surface area contributed by atoms with Crippen molar-refractivity contribution in [3.8, 4) is 0 Å². The van der Waals surface area contributed by atoms with Gasteiger partial charge in [0.2, 0.25) is 0 Å². The minimum atomic E-state index is -0.358. The van der Waals surface area contributed by atoms with Crippen molar-refractivity contribution < 1.29 is 14.5 Å². The highest BCUT2D eigenvalue weighted by Crippen LogP contribution is 2.27. The molecule has 2 atom stereocenters. The molecule has 31 heavy (non-hydrogen) atoms. The van der Waals surface area contributed by atoms with Crippen molar-refractivity contribution in [1.29, 1.82) is 0 Å². The smallest absolute Gasteiger partial charge is 0.284 e. The first-order valence-electron chi connectivity index (χ1n) is 10.8. The zero-order valence-electron chi connectivity index (χ0n) is 19.0. The molecule has 0 aliphatic rings. The maximum absolute atomic E-state index is 13.4. The van der Waals surface area contributed by atoms with Crippen molar-refractivity contribution in [2.75, 3.05) is 30.4 Å². The summed E-state index contributed by atoms with van der Waals surface area (Å²) in [5, 5.41) is 5.15. The zero-order valence-corrected chi connectivity index (χ0v) is 19.0. The second-order valence-corrected chi connectivity index (χ2v) is 8.19. The molecule has 3 aromatic carbocycles. The Kier molecular flexibility index (Phi) is 7.08. The van der Waals surface area contributed by atoms with Gasteiger partial charge >= 0.3 is 0 Å². The largest absolute Gasteiger partial charge is 0.321 e. The van der Waals surface area contributed by atoms with E-state index in [1.807, 2.05) is 88.2 Å². The fourth-order valence-corrected chi connectivity index (χ4v) is 3.80. The molecule has 0 saturated heterocycles. The molecule has 0 aliphatic heterocycles. The van der Waals surface area contributed by atoms with Crippen LogP contribution in [0.4, 0.5) is 11.4 Å². The number of carbonyl (C=O) groups excluding carboxylic acids is 2. The molecule has 0 aromatic heterocycles. The van der Waals surface area contributed by atoms with Gasteiger partial charge < -0.3 is 15.1 Å². The molecular weight excluding hydrogens is 386 g/mol. The first-order valence-corrected chi connectivity index (χ1v) is 10.8. The number of hydrogen-bond donors (Lipinski definition) is 2. The molecule has 5 heteroatoms. The van der Waals surface area contributed by atoms with E-state index in [4.69, 9.17) is 0 Å². The summed E-state index contributed by atoms with van der Waals surface area (Å²) < 4.78 is 0. The van der Waals surface area contributed by atoms with Crippen molar-refractivity contribution in [2.45, 2.75) is 33.7 Å². The summed E-state index contributed by atoms with van der Waals surface area (Å²) in [4.78, 5) is 28.7. The van der Waals surface area contributed by atoms with E-state index < -0.39 is 0 Å². The number of aryl methyl sites for hydroxylation is 2. The van der Waals surface area contributed by atoms with Crippen LogP contribution in [0.2, 0.25) is 0 Å². The molecule has 0 radical (unpaired) electrons. The number of anilines is 2. The lowest BCUT2D eigenvalue weighted by atomic mass is 10.1. The van der Waals surface area contributed by atoms with E-state index in [2.05, 4.69) is 17.4 Å². The van der Waals surface area contributed by atoms with Gasteiger partial charge in [-0.2, -0.15) is 0 Å². The molecule has 3 rings (SSSR count). The van der Waals surface area contributed by atoms with Crippen LogP contribution >= 0.6 is 0 Å². The highest BCUT2D eigenvalue weighted by Gasteiger charge is 2.29. The van der Waals surface area contributed by atoms with Gasteiger partial charge in [0.1, 0.15) is 0 Å². The van der Waals surface area contributed by atoms with Gasteiger partial charge in [-0.15, -0.1) is 0 Å². The summed E-state index contributed by atoms with van der Waals surface area (Å²) in [7, 11) is 1.89. The van der Waals surface area contributed by atoms with Crippen LogP contribution in [0, 0.1) is 13.8 Å². The van der Waals surface area contributed by atoms with Crippen molar-refractivity contribution in [3.63, 3.8) is 0 Å². The third-order valence-corrected chi connectivity index (χ3v) is 5.86. The maximum Gasteiger partial charge on any atom is 0.284 e. The standard InChI is InChI=1S/C26H31N3O2/c1-6-29(24-13-9-11-21-10-7-8-12-22(21)24)26(31)20(4)28(5)17-25(30)27-23-16-18(2)14-15-19(23)3/h7-16,20H,6,17H2,1-5H3,(H,27,30)/p+1/t20-/m1/s1. The second kappa shape index (κ2) is 9.75. The van der Waals surface area contributed by atoms with Crippen molar-refractivity contribution >= 4 is 34.0 Å². The molecule has 2 N–H and O–H groups in total. The number of nitrogens with one attached hydrogen (secondary N) is 2. The van der Waals surface area contributed by atoms with Crippen molar-refractivity contribution in [1.82, 2.24) is 0 Å². The van der Waals surface area contributed by atoms with Crippen LogP contribution in [0.5, 0.6) is 0 Å². The fourth-order valence-electron chi connectivity index (χ4n) is 3.80. The van der Waals surface area contributed by atoms with Crippen LogP contribution < -0.4 is 15.1 Å². The third-order valence-electron chi connectivity index (χ3n) is 5.86. The van der Waals surface area contributed by atoms with Gasteiger partial charge in [0.15, 0.2) is 12.6 Å². The van der Waals surface area contributed by atoms with E-state index in [9.17, 15) is 9.59 Å². The number of rotatable bonds is 7. The zero-order chi connectivity index (χ0) is 22.5. The molecular formula is C26H32N3O2+. The molecule has 0 saturated carbocycles. The normalized spacial score (nSPS) is 12.9. The average Bonchev–Trinajstić information content (AvgIpc) is 2.76. The molecule has 5 nitrogen and oxygen atoms in total. The highest BCUT2D eigenvalue weighted by molar-refractivity contribution is 6.05. The molecule has 0 aliphatic carbocycles. The van der Waals surface area contributed by atoms with Gasteiger partial charge in [0.05, 0.1) is 12.7 Å². The van der Waals surface area contributed by atoms with E-state index >= 15 is 0 Å². The Labute approximate surface area is 184 Å². The number of hydrogen-bond acceptors (Lipinski definition) is 2. The van der Waals surface area contributed by atoms with Gasteiger partial charge in [0, 0.05) is 17.6 Å². The lowest BCUT2D eigenvalue weighted by molar-refractivity contribution is -0.885. The fraction of sp³-hybridized carbons (Fsp3) is 0.308. The molecule has 162 valence electrons. The van der Waals surface area contributed by atoms with Crippen molar-refractivity contribution in [2.24, 2.45) is 0 Å². The number of carbonyl (C=O) groups is 2. The second-order valence-electron chi connectivity index (χ2n) is 8.19. The minimum Gasteiger partial charge on any atom is -0.321 e. The Bertz CT molecular complexity index is 1090. The SMILES string of the molecule is CCN(C(=O)[C@@H](C)[NH+](C)CC(=O)Nc1cc(C)ccc1C)c1cccc2ccccc12. The van der Waals surface area contributed by atoms with E-state index in [0.717, 1.165) is 38.2 Å². The monoisotopic (exact) mass is 418 g/mol. The Balaban J connectivity index is 1.72. The number of nitrogens with zero attached hydrogens (tertiary/aromatic N) is 1. The van der Waals surface area contributed by atoms with Crippen molar-refractivity contribution in [3.05, 3.63) is 71.8 Å². The minimum absolute atomic E-state index is 0.0101. The molecule has 0 bridgehead atoms. The average molecular weight is 419 g/mol. The predicted octanol–water partition coefficient (Wildman–Crippen LogP) is 3.35. The Hall–Kier alpha value is -3.18.